The first-order valence-electron chi connectivity index (χ1n) is 9.57. The second-order valence-corrected chi connectivity index (χ2v) is 8.84. The van der Waals surface area contributed by atoms with E-state index in [1.54, 1.807) is 40.0 Å². The summed E-state index contributed by atoms with van der Waals surface area (Å²) in [6.45, 7) is 6.38. The van der Waals surface area contributed by atoms with Crippen LogP contribution in [0.1, 0.15) is 35.6 Å². The Morgan fingerprint density at radius 2 is 1.79 bits per heavy atom. The number of carbonyl (C=O) groups is 1. The first kappa shape index (κ1) is 21.0. The maximum Gasteiger partial charge on any atom is 0.254 e. The molecule has 1 amide bonds. The Morgan fingerprint density at radius 3 is 2.45 bits per heavy atom. The molecule has 0 aliphatic carbocycles. The summed E-state index contributed by atoms with van der Waals surface area (Å²) in [5, 5.41) is 0. The number of fused-ring (bicyclic) bond motifs is 1. The molecule has 0 bridgehead atoms. The molecule has 0 atom stereocenters. The highest BCUT2D eigenvalue weighted by atomic mass is 32.2. The highest BCUT2D eigenvalue weighted by Crippen LogP contribution is 2.22. The van der Waals surface area contributed by atoms with Crippen molar-refractivity contribution in [2.75, 3.05) is 20.1 Å². The Hall–Kier alpha value is -2.71. The van der Waals surface area contributed by atoms with E-state index in [9.17, 15) is 13.2 Å². The van der Waals surface area contributed by atoms with E-state index in [0.717, 1.165) is 11.0 Å². The molecule has 0 spiro atoms. The molecule has 1 aromatic heterocycles. The largest absolute Gasteiger partial charge is 0.340 e. The fourth-order valence-electron chi connectivity index (χ4n) is 3.31. The van der Waals surface area contributed by atoms with Gasteiger partial charge in [0.05, 0.1) is 22.5 Å². The first-order chi connectivity index (χ1) is 13.8. The van der Waals surface area contributed by atoms with Crippen molar-refractivity contribution in [3.05, 3.63) is 59.4 Å². The van der Waals surface area contributed by atoms with Crippen molar-refractivity contribution >= 4 is 27.0 Å². The second kappa shape index (κ2) is 8.34. The zero-order chi connectivity index (χ0) is 21.2. The van der Waals surface area contributed by atoms with E-state index in [0.29, 0.717) is 36.6 Å². The van der Waals surface area contributed by atoms with Crippen LogP contribution in [0.5, 0.6) is 0 Å². The lowest BCUT2D eigenvalue weighted by Gasteiger charge is -2.21. The third-order valence-corrected chi connectivity index (χ3v) is 7.12. The summed E-state index contributed by atoms with van der Waals surface area (Å²) in [5.74, 6) is 0.409. The molecule has 0 aliphatic heterocycles. The third kappa shape index (κ3) is 4.18. The molecule has 8 heteroatoms. The standard InChI is InChI=1S/C21H26N4O3S/c1-5-25(6-2)29(27,28)19-13-16(12-11-15(19)3)21(26)24(4)14-20-22-17-9-7-8-10-18(17)23-20/h7-13H,5-6,14H2,1-4H3,(H,22,23). The topological polar surface area (TPSA) is 86.4 Å². The minimum Gasteiger partial charge on any atom is -0.340 e. The van der Waals surface area contributed by atoms with Crippen LogP contribution in [0.25, 0.3) is 11.0 Å². The van der Waals surface area contributed by atoms with Gasteiger partial charge in [-0.1, -0.05) is 32.0 Å². The van der Waals surface area contributed by atoms with Crippen molar-refractivity contribution in [3.8, 4) is 0 Å². The van der Waals surface area contributed by atoms with Gasteiger partial charge in [0.15, 0.2) is 0 Å². The van der Waals surface area contributed by atoms with E-state index in [1.165, 1.54) is 15.3 Å². The van der Waals surface area contributed by atoms with Gasteiger partial charge in [-0.3, -0.25) is 4.79 Å². The normalized spacial score (nSPS) is 11.9. The molecule has 1 N–H and O–H groups in total. The Labute approximate surface area is 171 Å². The Kier molecular flexibility index (Phi) is 6.04. The number of carbonyl (C=O) groups excluding carboxylic acids is 1. The van der Waals surface area contributed by atoms with Gasteiger partial charge in [-0.05, 0) is 36.8 Å². The number of sulfonamides is 1. The molecule has 3 aromatic rings. The number of nitrogens with zero attached hydrogens (tertiary/aromatic N) is 3. The number of rotatable bonds is 7. The summed E-state index contributed by atoms with van der Waals surface area (Å²) in [6, 6.07) is 12.5. The quantitative estimate of drug-likeness (QED) is 0.643. The molecule has 0 fully saturated rings. The molecular formula is C21H26N4O3S. The molecule has 0 aliphatic rings. The van der Waals surface area contributed by atoms with Gasteiger partial charge in [-0.15, -0.1) is 0 Å². The number of H-pyrrole nitrogens is 1. The van der Waals surface area contributed by atoms with Gasteiger partial charge in [0.25, 0.3) is 5.91 Å². The molecular weight excluding hydrogens is 388 g/mol. The van der Waals surface area contributed by atoms with Crippen molar-refractivity contribution < 1.29 is 13.2 Å². The van der Waals surface area contributed by atoms with E-state index in [-0.39, 0.29) is 10.8 Å². The van der Waals surface area contributed by atoms with E-state index in [4.69, 9.17) is 0 Å². The molecule has 0 saturated heterocycles. The fourth-order valence-corrected chi connectivity index (χ4v) is 5.02. The van der Waals surface area contributed by atoms with Crippen molar-refractivity contribution in [2.45, 2.75) is 32.2 Å². The SMILES string of the molecule is CCN(CC)S(=O)(=O)c1cc(C(=O)N(C)Cc2nc3ccccc3[nH]2)ccc1C. The van der Waals surface area contributed by atoms with Gasteiger partial charge >= 0.3 is 0 Å². The molecule has 2 aromatic carbocycles. The van der Waals surface area contributed by atoms with Gasteiger partial charge in [-0.25, -0.2) is 13.4 Å². The summed E-state index contributed by atoms with van der Waals surface area (Å²) in [6.07, 6.45) is 0. The van der Waals surface area contributed by atoms with Crippen molar-refractivity contribution in [1.82, 2.24) is 19.2 Å². The Bertz CT molecular complexity index is 1100. The molecule has 3 rings (SSSR count). The third-order valence-electron chi connectivity index (χ3n) is 4.93. The maximum atomic E-state index is 12.9. The number of aryl methyl sites for hydroxylation is 1. The number of benzene rings is 2. The predicted molar refractivity (Wildman–Crippen MR) is 113 cm³/mol. The summed E-state index contributed by atoms with van der Waals surface area (Å²) < 4.78 is 27.3. The van der Waals surface area contributed by atoms with Crippen LogP contribution in [0.3, 0.4) is 0 Å². The minimum atomic E-state index is -3.65. The van der Waals surface area contributed by atoms with Crippen LogP contribution in [0.15, 0.2) is 47.4 Å². The minimum absolute atomic E-state index is 0.171. The summed E-state index contributed by atoms with van der Waals surface area (Å²) in [7, 11) is -1.97. The zero-order valence-electron chi connectivity index (χ0n) is 17.1. The highest BCUT2D eigenvalue weighted by molar-refractivity contribution is 7.89. The summed E-state index contributed by atoms with van der Waals surface area (Å²) >= 11 is 0. The Balaban J connectivity index is 1.87. The lowest BCUT2D eigenvalue weighted by Crippen LogP contribution is -2.32. The van der Waals surface area contributed by atoms with Crippen LogP contribution in [-0.2, 0) is 16.6 Å². The van der Waals surface area contributed by atoms with E-state index in [1.807, 2.05) is 24.3 Å². The van der Waals surface area contributed by atoms with E-state index >= 15 is 0 Å². The summed E-state index contributed by atoms with van der Waals surface area (Å²) in [5.41, 5.74) is 2.70. The van der Waals surface area contributed by atoms with Crippen LogP contribution in [-0.4, -0.2) is 53.6 Å². The first-order valence-corrected chi connectivity index (χ1v) is 11.0. The van der Waals surface area contributed by atoms with Crippen LogP contribution < -0.4 is 0 Å². The number of imidazole rings is 1. The highest BCUT2D eigenvalue weighted by Gasteiger charge is 2.25. The Morgan fingerprint density at radius 1 is 1.10 bits per heavy atom. The van der Waals surface area contributed by atoms with Crippen molar-refractivity contribution in [1.29, 1.82) is 0 Å². The number of amides is 1. The smallest absolute Gasteiger partial charge is 0.254 e. The molecule has 0 radical (unpaired) electrons. The van der Waals surface area contributed by atoms with Gasteiger partial charge in [0, 0.05) is 25.7 Å². The molecule has 1 heterocycles. The molecule has 0 saturated carbocycles. The monoisotopic (exact) mass is 414 g/mol. The predicted octanol–water partition coefficient (Wildman–Crippen LogP) is 3.17. The van der Waals surface area contributed by atoms with Crippen LogP contribution in [0, 0.1) is 6.92 Å². The average Bonchev–Trinajstić information content (AvgIpc) is 3.10. The van der Waals surface area contributed by atoms with Gasteiger partial charge in [0.1, 0.15) is 5.82 Å². The lowest BCUT2D eigenvalue weighted by molar-refractivity contribution is 0.0781. The van der Waals surface area contributed by atoms with Crippen molar-refractivity contribution in [3.63, 3.8) is 0 Å². The van der Waals surface area contributed by atoms with Crippen LogP contribution in [0.4, 0.5) is 0 Å². The molecule has 29 heavy (non-hydrogen) atoms. The zero-order valence-corrected chi connectivity index (χ0v) is 18.0. The van der Waals surface area contributed by atoms with Crippen LogP contribution in [0.2, 0.25) is 0 Å². The number of aromatic nitrogens is 2. The number of hydrogen-bond donors (Lipinski definition) is 1. The second-order valence-electron chi connectivity index (χ2n) is 6.93. The number of nitrogens with one attached hydrogen (secondary N) is 1. The fraction of sp³-hybridized carbons (Fsp3) is 0.333. The van der Waals surface area contributed by atoms with Crippen LogP contribution >= 0.6 is 0 Å². The molecule has 154 valence electrons. The average molecular weight is 415 g/mol. The van der Waals surface area contributed by atoms with E-state index < -0.39 is 10.0 Å². The van der Waals surface area contributed by atoms with Gasteiger partial charge in [-0.2, -0.15) is 4.31 Å². The van der Waals surface area contributed by atoms with Crippen molar-refractivity contribution in [2.24, 2.45) is 0 Å². The van der Waals surface area contributed by atoms with Gasteiger partial charge in [0.2, 0.25) is 10.0 Å². The number of hydrogen-bond acceptors (Lipinski definition) is 4. The lowest BCUT2D eigenvalue weighted by atomic mass is 10.1. The number of aromatic amines is 1. The maximum absolute atomic E-state index is 12.9. The molecule has 7 nitrogen and oxygen atoms in total. The van der Waals surface area contributed by atoms with Gasteiger partial charge < -0.3 is 9.88 Å². The molecule has 0 unspecified atom stereocenters. The number of para-hydroxylation sites is 2. The summed E-state index contributed by atoms with van der Waals surface area (Å²) in [4.78, 5) is 22.3. The van der Waals surface area contributed by atoms with E-state index in [2.05, 4.69) is 9.97 Å².